The van der Waals surface area contributed by atoms with Crippen molar-refractivity contribution in [2.75, 3.05) is 5.32 Å². The summed E-state index contributed by atoms with van der Waals surface area (Å²) in [6, 6.07) is 27.1. The van der Waals surface area contributed by atoms with Crippen molar-refractivity contribution in [3.63, 3.8) is 0 Å². The highest BCUT2D eigenvalue weighted by atomic mass is 35.5. The van der Waals surface area contributed by atoms with E-state index in [1.165, 1.54) is 16.0 Å². The monoisotopic (exact) mass is 323 g/mol. The lowest BCUT2D eigenvalue weighted by atomic mass is 9.97. The van der Waals surface area contributed by atoms with E-state index >= 15 is 0 Å². The Morgan fingerprint density at radius 1 is 0.773 bits per heavy atom. The largest absolute Gasteiger partial charge is 0.362 e. The predicted octanol–water partition coefficient (Wildman–Crippen LogP) is 5.76. The first-order valence-corrected chi connectivity index (χ1v) is 8.35. The molecule has 0 bridgehead atoms. The van der Waals surface area contributed by atoms with Crippen LogP contribution in [0.25, 0.3) is 0 Å². The number of hydrogen-bond acceptors (Lipinski definition) is 2. The quantitative estimate of drug-likeness (QED) is 0.643. The Balaban J connectivity index is 1.90. The molecule has 0 fully saturated rings. The number of rotatable bonds is 2. The summed E-state index contributed by atoms with van der Waals surface area (Å²) in [6.45, 7) is 0. The van der Waals surface area contributed by atoms with Gasteiger partial charge < -0.3 is 5.32 Å². The zero-order valence-electron chi connectivity index (χ0n) is 11.8. The SMILES string of the molecule is Clc1ccc2c(c1)NC(c1ccccc1)(c1ccccc1)S2. The van der Waals surface area contributed by atoms with Gasteiger partial charge in [-0.15, -0.1) is 0 Å². The van der Waals surface area contributed by atoms with E-state index in [2.05, 4.69) is 59.9 Å². The molecule has 22 heavy (non-hydrogen) atoms. The first kappa shape index (κ1) is 13.7. The molecule has 4 rings (SSSR count). The van der Waals surface area contributed by atoms with E-state index in [4.69, 9.17) is 11.6 Å². The van der Waals surface area contributed by atoms with Crippen molar-refractivity contribution in [1.29, 1.82) is 0 Å². The van der Waals surface area contributed by atoms with Crippen LogP contribution in [-0.2, 0) is 4.87 Å². The molecule has 0 unspecified atom stereocenters. The predicted molar refractivity (Wildman–Crippen MR) is 94.6 cm³/mol. The van der Waals surface area contributed by atoms with E-state index in [1.54, 1.807) is 0 Å². The molecule has 1 aliphatic heterocycles. The molecule has 3 heteroatoms. The average Bonchev–Trinajstić information content (AvgIpc) is 2.96. The number of benzene rings is 3. The topological polar surface area (TPSA) is 12.0 Å². The third kappa shape index (κ3) is 2.20. The van der Waals surface area contributed by atoms with Crippen molar-refractivity contribution in [3.8, 4) is 0 Å². The van der Waals surface area contributed by atoms with E-state index in [0.717, 1.165) is 10.7 Å². The van der Waals surface area contributed by atoms with Crippen molar-refractivity contribution in [2.24, 2.45) is 0 Å². The molecule has 0 spiro atoms. The van der Waals surface area contributed by atoms with Gasteiger partial charge in [0.25, 0.3) is 0 Å². The Labute approximate surface area is 139 Å². The number of thioether (sulfide) groups is 1. The fourth-order valence-electron chi connectivity index (χ4n) is 2.84. The van der Waals surface area contributed by atoms with Crippen LogP contribution >= 0.6 is 23.4 Å². The summed E-state index contributed by atoms with van der Waals surface area (Å²) in [6.07, 6.45) is 0. The molecule has 1 aliphatic rings. The van der Waals surface area contributed by atoms with Gasteiger partial charge in [-0.1, -0.05) is 84.0 Å². The third-order valence-corrected chi connectivity index (χ3v) is 5.57. The minimum atomic E-state index is -0.310. The first-order chi connectivity index (χ1) is 10.8. The molecule has 0 aromatic heterocycles. The summed E-state index contributed by atoms with van der Waals surface area (Å²) < 4.78 is 0. The number of anilines is 1. The average molecular weight is 324 g/mol. The standard InChI is InChI=1S/C19H14ClNS/c20-16-11-12-18-17(13-16)21-19(22-18,14-7-3-1-4-8-14)15-9-5-2-6-10-15/h1-13,21H. The maximum atomic E-state index is 6.16. The van der Waals surface area contributed by atoms with Crippen LogP contribution in [0.4, 0.5) is 5.69 Å². The molecule has 0 amide bonds. The lowest BCUT2D eigenvalue weighted by molar-refractivity contribution is 0.873. The summed E-state index contributed by atoms with van der Waals surface area (Å²) in [7, 11) is 0. The van der Waals surface area contributed by atoms with Crippen LogP contribution < -0.4 is 5.32 Å². The maximum Gasteiger partial charge on any atom is 0.140 e. The van der Waals surface area contributed by atoms with Crippen LogP contribution in [0.3, 0.4) is 0 Å². The van der Waals surface area contributed by atoms with Gasteiger partial charge in [0.2, 0.25) is 0 Å². The number of fused-ring (bicyclic) bond motifs is 1. The van der Waals surface area contributed by atoms with Gasteiger partial charge in [-0.05, 0) is 29.3 Å². The Hall–Kier alpha value is -1.90. The second-order valence-electron chi connectivity index (χ2n) is 5.28. The van der Waals surface area contributed by atoms with Gasteiger partial charge in [-0.25, -0.2) is 0 Å². The van der Waals surface area contributed by atoms with Crippen molar-refractivity contribution in [1.82, 2.24) is 0 Å². The lowest BCUT2D eigenvalue weighted by Gasteiger charge is -2.30. The smallest absolute Gasteiger partial charge is 0.140 e. The first-order valence-electron chi connectivity index (χ1n) is 7.16. The molecule has 0 aliphatic carbocycles. The Morgan fingerprint density at radius 2 is 1.36 bits per heavy atom. The van der Waals surface area contributed by atoms with E-state index in [9.17, 15) is 0 Å². The van der Waals surface area contributed by atoms with Gasteiger partial charge >= 0.3 is 0 Å². The molecule has 1 heterocycles. The molecule has 0 saturated heterocycles. The van der Waals surface area contributed by atoms with Gasteiger partial charge in [0.1, 0.15) is 4.87 Å². The number of hydrogen-bond donors (Lipinski definition) is 1. The van der Waals surface area contributed by atoms with Crippen LogP contribution in [0.1, 0.15) is 11.1 Å². The minimum absolute atomic E-state index is 0.310. The van der Waals surface area contributed by atoms with Crippen molar-refractivity contribution in [3.05, 3.63) is 95.0 Å². The summed E-state index contributed by atoms with van der Waals surface area (Å²) >= 11 is 7.99. The molecule has 0 atom stereocenters. The van der Waals surface area contributed by atoms with Crippen molar-refractivity contribution < 1.29 is 0 Å². The normalized spacial score (nSPS) is 15.1. The van der Waals surface area contributed by atoms with E-state index in [-0.39, 0.29) is 4.87 Å². The zero-order valence-corrected chi connectivity index (χ0v) is 13.4. The zero-order chi connectivity index (χ0) is 15.0. The highest BCUT2D eigenvalue weighted by molar-refractivity contribution is 8.01. The van der Waals surface area contributed by atoms with Gasteiger partial charge in [-0.2, -0.15) is 0 Å². The fourth-order valence-corrected chi connectivity index (χ4v) is 4.37. The molecule has 3 aromatic rings. The Bertz CT molecular complexity index is 763. The molecule has 1 N–H and O–H groups in total. The van der Waals surface area contributed by atoms with Gasteiger partial charge in [0.05, 0.1) is 5.69 Å². The van der Waals surface area contributed by atoms with Gasteiger partial charge in [-0.3, -0.25) is 0 Å². The summed E-state index contributed by atoms with van der Waals surface area (Å²) in [5, 5.41) is 4.45. The van der Waals surface area contributed by atoms with Crippen LogP contribution in [-0.4, -0.2) is 0 Å². The number of nitrogens with one attached hydrogen (secondary N) is 1. The second kappa shape index (κ2) is 5.38. The fraction of sp³-hybridized carbons (Fsp3) is 0.0526. The van der Waals surface area contributed by atoms with Crippen LogP contribution in [0.2, 0.25) is 5.02 Å². The van der Waals surface area contributed by atoms with E-state index in [0.29, 0.717) is 0 Å². The van der Waals surface area contributed by atoms with Crippen LogP contribution in [0.15, 0.2) is 83.8 Å². The summed E-state index contributed by atoms with van der Waals surface area (Å²) in [4.78, 5) is 0.910. The third-order valence-electron chi connectivity index (χ3n) is 3.88. The molecule has 0 radical (unpaired) electrons. The summed E-state index contributed by atoms with van der Waals surface area (Å²) in [5.74, 6) is 0. The molecule has 108 valence electrons. The number of halogens is 1. The minimum Gasteiger partial charge on any atom is -0.362 e. The molecule has 0 saturated carbocycles. The molecular formula is C19H14ClNS. The highest BCUT2D eigenvalue weighted by Gasteiger charge is 2.41. The highest BCUT2D eigenvalue weighted by Crippen LogP contribution is 2.54. The summed E-state index contributed by atoms with van der Waals surface area (Å²) in [5.41, 5.74) is 3.56. The Kier molecular flexibility index (Phi) is 3.36. The van der Waals surface area contributed by atoms with E-state index in [1.807, 2.05) is 36.0 Å². The molecule has 3 aromatic carbocycles. The van der Waals surface area contributed by atoms with Crippen LogP contribution in [0.5, 0.6) is 0 Å². The van der Waals surface area contributed by atoms with Gasteiger partial charge in [0, 0.05) is 9.92 Å². The molecule has 1 nitrogen and oxygen atoms in total. The van der Waals surface area contributed by atoms with E-state index < -0.39 is 0 Å². The molecular weight excluding hydrogens is 310 g/mol. The van der Waals surface area contributed by atoms with Crippen molar-refractivity contribution in [2.45, 2.75) is 9.77 Å². The lowest BCUT2D eigenvalue weighted by Crippen LogP contribution is -2.29. The van der Waals surface area contributed by atoms with Crippen LogP contribution in [0, 0.1) is 0 Å². The second-order valence-corrected chi connectivity index (χ2v) is 6.97. The Morgan fingerprint density at radius 3 is 1.95 bits per heavy atom. The maximum absolute atomic E-state index is 6.16. The van der Waals surface area contributed by atoms with Crippen molar-refractivity contribution >= 4 is 29.1 Å². The van der Waals surface area contributed by atoms with Gasteiger partial charge in [0.15, 0.2) is 0 Å².